The number of allylic oxidation sites excluding steroid dienone is 2. The molecule has 0 spiro atoms. The molecule has 0 amide bonds. The van der Waals surface area contributed by atoms with E-state index in [1.807, 2.05) is 0 Å². The van der Waals surface area contributed by atoms with Gasteiger partial charge in [0.05, 0.1) is 0 Å². The molecule has 2 fully saturated rings. The van der Waals surface area contributed by atoms with Crippen LogP contribution in [0, 0.1) is 12.3 Å². The summed E-state index contributed by atoms with van der Waals surface area (Å²) < 4.78 is 0. The Morgan fingerprint density at radius 2 is 1.86 bits per heavy atom. The smallest absolute Gasteiger partial charge is 0.0202 e. The number of hydrogen-bond acceptors (Lipinski definition) is 3. The van der Waals surface area contributed by atoms with Crippen LogP contribution in [0.25, 0.3) is 0 Å². The third-order valence-corrected chi connectivity index (χ3v) is 5.58. The zero-order valence-electron chi connectivity index (χ0n) is 14.1. The van der Waals surface area contributed by atoms with Crippen molar-refractivity contribution in [2.75, 3.05) is 46.3 Å². The van der Waals surface area contributed by atoms with Crippen molar-refractivity contribution in [3.63, 3.8) is 0 Å². The molecule has 2 saturated heterocycles. The first-order valence-electron chi connectivity index (χ1n) is 9.13. The Bertz CT molecular complexity index is 385. The van der Waals surface area contributed by atoms with E-state index in [9.17, 15) is 0 Å². The predicted octanol–water partition coefficient (Wildman–Crippen LogP) is 2.47. The van der Waals surface area contributed by atoms with Crippen molar-refractivity contribution in [3.05, 3.63) is 30.2 Å². The van der Waals surface area contributed by atoms with Crippen molar-refractivity contribution in [3.8, 4) is 0 Å². The first-order valence-corrected chi connectivity index (χ1v) is 9.13. The van der Waals surface area contributed by atoms with Crippen molar-refractivity contribution in [1.29, 1.82) is 0 Å². The Balaban J connectivity index is 1.32. The van der Waals surface area contributed by atoms with E-state index in [4.69, 9.17) is 0 Å². The number of nitrogens with one attached hydrogen (secondary N) is 1. The fourth-order valence-electron chi connectivity index (χ4n) is 3.99. The summed E-state index contributed by atoms with van der Waals surface area (Å²) in [5.74, 6) is 0.877. The minimum Gasteiger partial charge on any atom is -0.312 e. The van der Waals surface area contributed by atoms with Crippen molar-refractivity contribution < 1.29 is 0 Å². The number of piperidine rings is 2. The zero-order valence-corrected chi connectivity index (χ0v) is 14.1. The molecule has 123 valence electrons. The summed E-state index contributed by atoms with van der Waals surface area (Å²) in [4.78, 5) is 5.24. The van der Waals surface area contributed by atoms with Gasteiger partial charge in [-0.3, -0.25) is 0 Å². The molecule has 0 aromatic carbocycles. The van der Waals surface area contributed by atoms with Crippen LogP contribution in [-0.4, -0.2) is 62.2 Å². The van der Waals surface area contributed by atoms with E-state index < -0.39 is 0 Å². The van der Waals surface area contributed by atoms with Gasteiger partial charge in [0.2, 0.25) is 0 Å². The van der Waals surface area contributed by atoms with E-state index in [1.54, 1.807) is 0 Å². The van der Waals surface area contributed by atoms with Crippen LogP contribution >= 0.6 is 0 Å². The van der Waals surface area contributed by atoms with Crippen LogP contribution in [0.4, 0.5) is 0 Å². The molecule has 0 aromatic heterocycles. The number of likely N-dealkylation sites (tertiary alicyclic amines) is 2. The van der Waals surface area contributed by atoms with E-state index in [0.717, 1.165) is 24.9 Å². The molecule has 3 aliphatic rings. The zero-order chi connectivity index (χ0) is 15.2. The summed E-state index contributed by atoms with van der Waals surface area (Å²) in [6, 6.07) is 0.860. The molecule has 0 bridgehead atoms. The van der Waals surface area contributed by atoms with Crippen LogP contribution in [0.2, 0.25) is 0 Å². The lowest BCUT2D eigenvalue weighted by molar-refractivity contribution is 0.0855. The van der Waals surface area contributed by atoms with Gasteiger partial charge in [-0.15, -0.1) is 0 Å². The largest absolute Gasteiger partial charge is 0.312 e. The van der Waals surface area contributed by atoms with Gasteiger partial charge in [0.25, 0.3) is 0 Å². The van der Waals surface area contributed by atoms with Gasteiger partial charge in [0, 0.05) is 12.6 Å². The van der Waals surface area contributed by atoms with Crippen molar-refractivity contribution >= 4 is 0 Å². The number of nitrogens with zero attached hydrogens (tertiary/aromatic N) is 2. The molecule has 1 radical (unpaired) electrons. The van der Waals surface area contributed by atoms with Gasteiger partial charge >= 0.3 is 0 Å². The molecular weight excluding hydrogens is 270 g/mol. The highest BCUT2D eigenvalue weighted by Gasteiger charge is 2.27. The van der Waals surface area contributed by atoms with Gasteiger partial charge in [-0.1, -0.05) is 18.2 Å². The third-order valence-electron chi connectivity index (χ3n) is 5.58. The summed E-state index contributed by atoms with van der Waals surface area (Å²) in [5, 5.41) is 3.67. The fourth-order valence-corrected chi connectivity index (χ4v) is 3.99. The van der Waals surface area contributed by atoms with Crippen LogP contribution in [0.5, 0.6) is 0 Å². The van der Waals surface area contributed by atoms with Crippen molar-refractivity contribution in [2.24, 2.45) is 5.92 Å². The average Bonchev–Trinajstić information content (AvgIpc) is 2.57. The van der Waals surface area contributed by atoms with E-state index >= 15 is 0 Å². The molecule has 1 aliphatic carbocycles. The molecule has 0 atom stereocenters. The van der Waals surface area contributed by atoms with Crippen LogP contribution in [-0.2, 0) is 0 Å². The molecule has 1 N–H and O–H groups in total. The summed E-state index contributed by atoms with van der Waals surface area (Å²) >= 11 is 0. The second kappa shape index (κ2) is 8.28. The standard InChI is InChI=1S/C19H32N3/c1-21-11-9-19(10-12-21)22-13-7-18(8-14-22)16-20-15-17-5-3-2-4-6-17/h2-3,5-6,18-20H,4,7-16H2,1H3. The van der Waals surface area contributed by atoms with Crippen molar-refractivity contribution in [2.45, 2.75) is 38.1 Å². The normalized spacial score (nSPS) is 26.3. The Kier molecular flexibility index (Phi) is 6.11. The minimum atomic E-state index is 0.860. The predicted molar refractivity (Wildman–Crippen MR) is 93.8 cm³/mol. The Labute approximate surface area is 136 Å². The molecule has 2 aliphatic heterocycles. The molecule has 3 heteroatoms. The lowest BCUT2D eigenvalue weighted by atomic mass is 9.93. The second-order valence-electron chi connectivity index (χ2n) is 7.25. The Morgan fingerprint density at radius 3 is 2.55 bits per heavy atom. The summed E-state index contributed by atoms with van der Waals surface area (Å²) in [6.45, 7) is 7.44. The van der Waals surface area contributed by atoms with Gasteiger partial charge < -0.3 is 15.1 Å². The van der Waals surface area contributed by atoms with Crippen molar-refractivity contribution in [1.82, 2.24) is 15.1 Å². The number of rotatable bonds is 5. The quantitative estimate of drug-likeness (QED) is 0.842. The Hall–Kier alpha value is -0.640. The average molecular weight is 302 g/mol. The van der Waals surface area contributed by atoms with Crippen LogP contribution in [0.1, 0.15) is 32.1 Å². The third kappa shape index (κ3) is 4.68. The lowest BCUT2D eigenvalue weighted by Gasteiger charge is -2.41. The highest BCUT2D eigenvalue weighted by Crippen LogP contribution is 2.23. The molecule has 3 rings (SSSR count). The SMILES string of the molecule is CN1CCC(N2CCC(CNCC3=CC[CH]C=C3)CC2)CC1. The summed E-state index contributed by atoms with van der Waals surface area (Å²) in [7, 11) is 2.25. The molecule has 3 nitrogen and oxygen atoms in total. The highest BCUT2D eigenvalue weighted by molar-refractivity contribution is 5.27. The minimum absolute atomic E-state index is 0.860. The molecule has 0 unspecified atom stereocenters. The van der Waals surface area contributed by atoms with Gasteiger partial charge in [-0.25, -0.2) is 0 Å². The maximum atomic E-state index is 3.67. The van der Waals surface area contributed by atoms with Crippen LogP contribution in [0.15, 0.2) is 23.8 Å². The van der Waals surface area contributed by atoms with E-state index in [-0.39, 0.29) is 0 Å². The van der Waals surface area contributed by atoms with E-state index in [0.29, 0.717) is 0 Å². The van der Waals surface area contributed by atoms with E-state index in [2.05, 4.69) is 46.8 Å². The van der Waals surface area contributed by atoms with Crippen LogP contribution in [0.3, 0.4) is 0 Å². The second-order valence-corrected chi connectivity index (χ2v) is 7.25. The van der Waals surface area contributed by atoms with Gasteiger partial charge in [0.1, 0.15) is 0 Å². The fraction of sp³-hybridized carbons (Fsp3) is 0.737. The number of hydrogen-bond donors (Lipinski definition) is 1. The van der Waals surface area contributed by atoms with Gasteiger partial charge in [-0.2, -0.15) is 0 Å². The van der Waals surface area contributed by atoms with Gasteiger partial charge in [-0.05, 0) is 89.8 Å². The van der Waals surface area contributed by atoms with Crippen LogP contribution < -0.4 is 5.32 Å². The summed E-state index contributed by atoms with van der Waals surface area (Å²) in [5.41, 5.74) is 1.45. The maximum Gasteiger partial charge on any atom is 0.0202 e. The molecule has 2 heterocycles. The van der Waals surface area contributed by atoms with Gasteiger partial charge in [0.15, 0.2) is 0 Å². The first-order chi connectivity index (χ1) is 10.8. The highest BCUT2D eigenvalue weighted by atomic mass is 15.2. The first kappa shape index (κ1) is 16.2. The topological polar surface area (TPSA) is 18.5 Å². The monoisotopic (exact) mass is 302 g/mol. The van der Waals surface area contributed by atoms with E-state index in [1.165, 1.54) is 64.0 Å². The molecule has 0 aromatic rings. The lowest BCUT2D eigenvalue weighted by Crippen LogP contribution is -2.47. The Morgan fingerprint density at radius 1 is 1.09 bits per heavy atom. The molecular formula is C19H32N3. The molecule has 22 heavy (non-hydrogen) atoms. The summed E-state index contributed by atoms with van der Waals surface area (Å²) in [6.07, 6.45) is 15.6. The molecule has 0 saturated carbocycles. The maximum absolute atomic E-state index is 3.67.